The molecule has 0 aromatic heterocycles. The zero-order valence-corrected chi connectivity index (χ0v) is 11.5. The lowest BCUT2D eigenvalue weighted by Gasteiger charge is -2.18. The fourth-order valence-electron chi connectivity index (χ4n) is 1.47. The Morgan fingerprint density at radius 3 is 2.50 bits per heavy atom. The van der Waals surface area contributed by atoms with Gasteiger partial charge in [0.05, 0.1) is 19.8 Å². The number of rotatable bonds is 6. The van der Waals surface area contributed by atoms with Crippen LogP contribution in [0.25, 0.3) is 0 Å². The fourth-order valence-corrected chi connectivity index (χ4v) is 1.47. The minimum atomic E-state index is 0.0517. The summed E-state index contributed by atoms with van der Waals surface area (Å²) in [7, 11) is 1.62. The molecule has 100 valence electrons. The molecule has 1 atom stereocenters. The highest BCUT2D eigenvalue weighted by atomic mass is 16.5. The number of nitrogens with one attached hydrogen (secondary N) is 1. The van der Waals surface area contributed by atoms with Gasteiger partial charge >= 0.3 is 0 Å². The molecule has 0 heterocycles. The molecule has 0 bridgehead atoms. The molecule has 0 radical (unpaired) electrons. The van der Waals surface area contributed by atoms with Gasteiger partial charge in [-0.05, 0) is 31.0 Å². The molecule has 4 nitrogen and oxygen atoms in total. The number of methoxy groups -OCH3 is 1. The molecule has 1 unspecified atom stereocenters. The third-order valence-corrected chi connectivity index (χ3v) is 3.03. The number of ether oxygens (including phenoxy) is 2. The average molecular weight is 250 g/mol. The Morgan fingerprint density at radius 1 is 1.33 bits per heavy atom. The van der Waals surface area contributed by atoms with E-state index >= 15 is 0 Å². The molecule has 4 heteroatoms. The lowest BCUT2D eigenvalue weighted by molar-refractivity contribution is 0.0226. The highest BCUT2D eigenvalue weighted by Gasteiger charge is 2.11. The molecule has 0 saturated heterocycles. The van der Waals surface area contributed by atoms with Crippen molar-refractivity contribution >= 4 is 5.84 Å². The molecule has 18 heavy (non-hydrogen) atoms. The number of nitrogens with two attached hydrogens (primary N) is 1. The summed E-state index contributed by atoms with van der Waals surface area (Å²) >= 11 is 0. The first-order chi connectivity index (χ1) is 8.45. The van der Waals surface area contributed by atoms with Crippen molar-refractivity contribution in [2.75, 3.05) is 7.11 Å². The highest BCUT2D eigenvalue weighted by Crippen LogP contribution is 2.22. The first-order valence-electron chi connectivity index (χ1n) is 6.08. The van der Waals surface area contributed by atoms with E-state index in [4.69, 9.17) is 20.6 Å². The SMILES string of the molecule is COc1ccc(C(=N)N)cc1COC(C)C(C)C. The maximum atomic E-state index is 7.44. The summed E-state index contributed by atoms with van der Waals surface area (Å²) in [5.74, 6) is 1.28. The molecule has 1 aromatic carbocycles. The van der Waals surface area contributed by atoms with Gasteiger partial charge in [0.15, 0.2) is 0 Å². The van der Waals surface area contributed by atoms with Crippen LogP contribution < -0.4 is 10.5 Å². The second-order valence-corrected chi connectivity index (χ2v) is 4.70. The number of amidine groups is 1. The van der Waals surface area contributed by atoms with Gasteiger partial charge in [-0.3, -0.25) is 5.41 Å². The van der Waals surface area contributed by atoms with Crippen LogP contribution in [0.4, 0.5) is 0 Å². The van der Waals surface area contributed by atoms with E-state index in [-0.39, 0.29) is 11.9 Å². The van der Waals surface area contributed by atoms with Crippen molar-refractivity contribution in [3.63, 3.8) is 0 Å². The van der Waals surface area contributed by atoms with Crippen molar-refractivity contribution in [2.45, 2.75) is 33.5 Å². The van der Waals surface area contributed by atoms with Gasteiger partial charge in [0.25, 0.3) is 0 Å². The molecule has 0 aliphatic heterocycles. The van der Waals surface area contributed by atoms with E-state index in [1.807, 2.05) is 19.1 Å². The molecule has 1 aromatic rings. The third-order valence-electron chi connectivity index (χ3n) is 3.03. The van der Waals surface area contributed by atoms with Crippen LogP contribution in [0, 0.1) is 11.3 Å². The van der Waals surface area contributed by atoms with E-state index in [9.17, 15) is 0 Å². The van der Waals surface area contributed by atoms with Crippen LogP contribution in [0.5, 0.6) is 5.75 Å². The second-order valence-electron chi connectivity index (χ2n) is 4.70. The molecule has 1 rings (SSSR count). The largest absolute Gasteiger partial charge is 0.496 e. The van der Waals surface area contributed by atoms with Gasteiger partial charge in [-0.25, -0.2) is 0 Å². The van der Waals surface area contributed by atoms with Crippen molar-refractivity contribution < 1.29 is 9.47 Å². The maximum Gasteiger partial charge on any atom is 0.124 e. The van der Waals surface area contributed by atoms with Crippen molar-refractivity contribution in [1.82, 2.24) is 0 Å². The van der Waals surface area contributed by atoms with Gasteiger partial charge in [-0.2, -0.15) is 0 Å². The highest BCUT2D eigenvalue weighted by molar-refractivity contribution is 5.95. The fraction of sp³-hybridized carbons (Fsp3) is 0.500. The Kier molecular flexibility index (Phi) is 5.16. The van der Waals surface area contributed by atoms with Crippen LogP contribution in [0.1, 0.15) is 31.9 Å². The van der Waals surface area contributed by atoms with Gasteiger partial charge in [-0.15, -0.1) is 0 Å². The van der Waals surface area contributed by atoms with Crippen LogP contribution in [0.15, 0.2) is 18.2 Å². The Morgan fingerprint density at radius 2 is 2.00 bits per heavy atom. The Labute approximate surface area is 109 Å². The first-order valence-corrected chi connectivity index (χ1v) is 6.08. The van der Waals surface area contributed by atoms with Crippen LogP contribution in [-0.4, -0.2) is 19.0 Å². The summed E-state index contributed by atoms with van der Waals surface area (Å²) < 4.78 is 11.1. The molecule has 0 aliphatic rings. The van der Waals surface area contributed by atoms with E-state index in [1.165, 1.54) is 0 Å². The standard InChI is InChI=1S/C14H22N2O2/c1-9(2)10(3)18-8-12-7-11(14(15)16)5-6-13(12)17-4/h5-7,9-10H,8H2,1-4H3,(H3,15,16). The summed E-state index contributed by atoms with van der Waals surface area (Å²) in [4.78, 5) is 0. The first kappa shape index (κ1) is 14.5. The van der Waals surface area contributed by atoms with Crippen molar-refractivity contribution in [1.29, 1.82) is 5.41 Å². The number of hydrogen-bond acceptors (Lipinski definition) is 3. The molecule has 0 amide bonds. The summed E-state index contributed by atoms with van der Waals surface area (Å²) in [5, 5.41) is 7.44. The zero-order valence-electron chi connectivity index (χ0n) is 11.5. The summed E-state index contributed by atoms with van der Waals surface area (Å²) in [6.45, 7) is 6.75. The van der Waals surface area contributed by atoms with E-state index in [0.717, 1.165) is 11.3 Å². The predicted molar refractivity (Wildman–Crippen MR) is 73.1 cm³/mol. The minimum absolute atomic E-state index is 0.0517. The molecular weight excluding hydrogens is 228 g/mol. The second kappa shape index (κ2) is 6.40. The van der Waals surface area contributed by atoms with E-state index in [0.29, 0.717) is 18.1 Å². The average Bonchev–Trinajstić information content (AvgIpc) is 2.35. The van der Waals surface area contributed by atoms with Gasteiger partial charge in [0.2, 0.25) is 0 Å². The monoisotopic (exact) mass is 250 g/mol. The van der Waals surface area contributed by atoms with E-state index < -0.39 is 0 Å². The van der Waals surface area contributed by atoms with Crippen molar-refractivity contribution in [3.8, 4) is 5.75 Å². The molecule has 0 saturated carbocycles. The topological polar surface area (TPSA) is 68.3 Å². The van der Waals surface area contributed by atoms with E-state index in [2.05, 4.69) is 13.8 Å². The molecule has 0 spiro atoms. The van der Waals surface area contributed by atoms with Crippen molar-refractivity contribution in [2.24, 2.45) is 11.7 Å². The predicted octanol–water partition coefficient (Wildman–Crippen LogP) is 2.54. The van der Waals surface area contributed by atoms with Crippen LogP contribution in [0.2, 0.25) is 0 Å². The Bertz CT molecular complexity index is 416. The van der Waals surface area contributed by atoms with Crippen molar-refractivity contribution in [3.05, 3.63) is 29.3 Å². The van der Waals surface area contributed by atoms with Crippen LogP contribution >= 0.6 is 0 Å². The van der Waals surface area contributed by atoms with Gasteiger partial charge in [-0.1, -0.05) is 13.8 Å². The summed E-state index contributed by atoms with van der Waals surface area (Å²) in [5.41, 5.74) is 7.08. The number of hydrogen-bond donors (Lipinski definition) is 2. The molecule has 0 fully saturated rings. The zero-order chi connectivity index (χ0) is 13.7. The molecular formula is C14H22N2O2. The number of benzene rings is 1. The van der Waals surface area contributed by atoms with Gasteiger partial charge < -0.3 is 15.2 Å². The van der Waals surface area contributed by atoms with Gasteiger partial charge in [0, 0.05) is 11.1 Å². The smallest absolute Gasteiger partial charge is 0.124 e. The summed E-state index contributed by atoms with van der Waals surface area (Å²) in [6, 6.07) is 5.43. The molecule has 3 N–H and O–H groups in total. The summed E-state index contributed by atoms with van der Waals surface area (Å²) in [6.07, 6.45) is 0.177. The normalized spacial score (nSPS) is 12.5. The quantitative estimate of drug-likeness (QED) is 0.602. The third kappa shape index (κ3) is 3.74. The lowest BCUT2D eigenvalue weighted by Crippen LogP contribution is -2.16. The Balaban J connectivity index is 2.84. The molecule has 0 aliphatic carbocycles. The van der Waals surface area contributed by atoms with E-state index in [1.54, 1.807) is 13.2 Å². The Hall–Kier alpha value is -1.55. The van der Waals surface area contributed by atoms with Crippen LogP contribution in [0.3, 0.4) is 0 Å². The lowest BCUT2D eigenvalue weighted by atomic mass is 10.1. The maximum absolute atomic E-state index is 7.44. The number of nitrogen functional groups attached to an aromatic ring is 1. The van der Waals surface area contributed by atoms with Crippen LogP contribution in [-0.2, 0) is 11.3 Å². The van der Waals surface area contributed by atoms with Gasteiger partial charge in [0.1, 0.15) is 11.6 Å². The minimum Gasteiger partial charge on any atom is -0.496 e.